The Kier molecular flexibility index (Phi) is 6.42. The molecule has 3 rings (SSSR count). The number of hydrogen-bond donors (Lipinski definition) is 2. The van der Waals surface area contributed by atoms with Crippen LogP contribution in [0.3, 0.4) is 0 Å². The second-order valence-electron chi connectivity index (χ2n) is 7.91. The van der Waals surface area contributed by atoms with E-state index in [9.17, 15) is 19.5 Å². The van der Waals surface area contributed by atoms with Gasteiger partial charge >= 0.3 is 6.03 Å². The highest BCUT2D eigenvalue weighted by molar-refractivity contribution is 6.08. The van der Waals surface area contributed by atoms with Crippen molar-refractivity contribution in [2.45, 2.75) is 50.7 Å². The molecule has 2 N–H and O–H groups in total. The molecule has 1 saturated carbocycles. The van der Waals surface area contributed by atoms with Crippen molar-refractivity contribution < 1.29 is 24.2 Å². The Morgan fingerprint density at radius 3 is 2.69 bits per heavy atom. The first-order valence-electron chi connectivity index (χ1n) is 10.1. The number of likely N-dealkylation sites (N-methyl/N-ethyl adjacent to an activating group) is 1. The van der Waals surface area contributed by atoms with Gasteiger partial charge in [0.25, 0.3) is 5.91 Å². The number of nitrogens with one attached hydrogen (secondary N) is 1. The normalized spacial score (nSPS) is 19.6. The number of benzene rings is 1. The lowest BCUT2D eigenvalue weighted by Crippen LogP contribution is -2.49. The fourth-order valence-electron chi connectivity index (χ4n) is 4.06. The average Bonchev–Trinajstić information content (AvgIpc) is 2.88. The molecule has 2 aliphatic rings. The van der Waals surface area contributed by atoms with Gasteiger partial charge < -0.3 is 20.1 Å². The van der Waals surface area contributed by atoms with Crippen LogP contribution in [0, 0.1) is 6.92 Å². The average molecular weight is 403 g/mol. The number of carbonyl (C=O) groups excluding carboxylic acids is 3. The minimum atomic E-state index is -0.906. The molecule has 2 fully saturated rings. The van der Waals surface area contributed by atoms with Crippen molar-refractivity contribution in [1.29, 1.82) is 0 Å². The van der Waals surface area contributed by atoms with Gasteiger partial charge in [0.05, 0.1) is 0 Å². The lowest BCUT2D eigenvalue weighted by Gasteiger charge is -2.35. The number of aliphatic hydroxyl groups is 1. The lowest BCUT2D eigenvalue weighted by molar-refractivity contribution is -0.137. The van der Waals surface area contributed by atoms with Crippen molar-refractivity contribution >= 4 is 17.8 Å². The monoisotopic (exact) mass is 403 g/mol. The number of nitrogens with zero attached hydrogens (tertiary/aromatic N) is 2. The van der Waals surface area contributed by atoms with Crippen molar-refractivity contribution in [3.63, 3.8) is 0 Å². The summed E-state index contributed by atoms with van der Waals surface area (Å²) in [7, 11) is 1.63. The third kappa shape index (κ3) is 4.53. The van der Waals surface area contributed by atoms with Crippen LogP contribution in [-0.2, 0) is 9.59 Å². The van der Waals surface area contributed by atoms with E-state index in [0.29, 0.717) is 18.6 Å². The number of aliphatic hydroxyl groups excluding tert-OH is 1. The van der Waals surface area contributed by atoms with E-state index < -0.39 is 23.6 Å². The van der Waals surface area contributed by atoms with E-state index in [0.717, 1.165) is 29.7 Å². The summed E-state index contributed by atoms with van der Waals surface area (Å²) < 4.78 is 5.51. The number of carbonyl (C=O) groups is 3. The first-order chi connectivity index (χ1) is 13.8. The lowest BCUT2D eigenvalue weighted by atomic mass is 9.81. The van der Waals surface area contributed by atoms with Crippen molar-refractivity contribution in [2.75, 3.05) is 26.7 Å². The Balaban J connectivity index is 1.47. The molecule has 1 aromatic carbocycles. The molecule has 1 aromatic rings. The van der Waals surface area contributed by atoms with E-state index in [4.69, 9.17) is 4.74 Å². The number of aryl methyl sites for hydroxylation is 1. The summed E-state index contributed by atoms with van der Waals surface area (Å²) in [5.74, 6) is -0.129. The fraction of sp³-hybridized carbons (Fsp3) is 0.571. The van der Waals surface area contributed by atoms with Crippen LogP contribution in [0.2, 0.25) is 0 Å². The van der Waals surface area contributed by atoms with Crippen molar-refractivity contribution in [3.05, 3.63) is 29.8 Å². The van der Waals surface area contributed by atoms with Crippen LogP contribution in [-0.4, -0.2) is 71.1 Å². The van der Waals surface area contributed by atoms with E-state index in [1.54, 1.807) is 13.1 Å². The molecule has 8 nitrogen and oxygen atoms in total. The number of amides is 4. The van der Waals surface area contributed by atoms with E-state index >= 15 is 0 Å². The molecule has 1 atom stereocenters. The van der Waals surface area contributed by atoms with E-state index in [1.807, 2.05) is 25.1 Å². The molecule has 0 radical (unpaired) electrons. The summed E-state index contributed by atoms with van der Waals surface area (Å²) in [4.78, 5) is 40.2. The van der Waals surface area contributed by atoms with Gasteiger partial charge in [-0.05, 0) is 37.5 Å². The molecule has 1 aliphatic carbocycles. The molecule has 4 amide bonds. The first kappa shape index (κ1) is 21.1. The zero-order valence-corrected chi connectivity index (χ0v) is 17.0. The maximum absolute atomic E-state index is 12.9. The molecule has 158 valence electrons. The Hall–Kier alpha value is -2.61. The highest BCUT2D eigenvalue weighted by Crippen LogP contribution is 2.39. The van der Waals surface area contributed by atoms with E-state index in [1.165, 1.54) is 4.90 Å². The van der Waals surface area contributed by atoms with Gasteiger partial charge in [0.1, 0.15) is 30.5 Å². The van der Waals surface area contributed by atoms with Gasteiger partial charge in [-0.25, -0.2) is 4.79 Å². The molecule has 1 unspecified atom stereocenters. The minimum absolute atomic E-state index is 0.0250. The summed E-state index contributed by atoms with van der Waals surface area (Å²) in [5.41, 5.74) is 0.252. The maximum Gasteiger partial charge on any atom is 0.327 e. The Labute approximate surface area is 170 Å². The van der Waals surface area contributed by atoms with Gasteiger partial charge in [0.15, 0.2) is 0 Å². The smallest absolute Gasteiger partial charge is 0.327 e. The highest BCUT2D eigenvalue weighted by Gasteiger charge is 2.55. The topological polar surface area (TPSA) is 99.2 Å². The van der Waals surface area contributed by atoms with Gasteiger partial charge in [-0.15, -0.1) is 0 Å². The predicted octanol–water partition coefficient (Wildman–Crippen LogP) is 1.45. The molecule has 29 heavy (non-hydrogen) atoms. The highest BCUT2D eigenvalue weighted by atomic mass is 16.5. The molecule has 1 saturated heterocycles. The van der Waals surface area contributed by atoms with Crippen molar-refractivity contribution in [3.8, 4) is 5.75 Å². The zero-order valence-electron chi connectivity index (χ0n) is 17.0. The number of imide groups is 1. The van der Waals surface area contributed by atoms with Crippen LogP contribution >= 0.6 is 0 Å². The maximum atomic E-state index is 12.9. The number of urea groups is 1. The number of rotatable bonds is 7. The molecule has 1 heterocycles. The molecule has 1 aliphatic heterocycles. The first-order valence-corrected chi connectivity index (χ1v) is 10.1. The van der Waals surface area contributed by atoms with Gasteiger partial charge in [0, 0.05) is 13.6 Å². The second kappa shape index (κ2) is 8.82. The quantitative estimate of drug-likeness (QED) is 0.672. The summed E-state index contributed by atoms with van der Waals surface area (Å²) in [6.45, 7) is 1.60. The van der Waals surface area contributed by atoms with Gasteiger partial charge in [0.2, 0.25) is 5.91 Å². The third-order valence-electron chi connectivity index (χ3n) is 5.75. The van der Waals surface area contributed by atoms with Crippen LogP contribution in [0.1, 0.15) is 37.7 Å². The molecular formula is C21H29N3O5. The van der Waals surface area contributed by atoms with Gasteiger partial charge in [-0.3, -0.25) is 14.5 Å². The van der Waals surface area contributed by atoms with Crippen molar-refractivity contribution in [1.82, 2.24) is 15.1 Å². The van der Waals surface area contributed by atoms with Crippen LogP contribution in [0.25, 0.3) is 0 Å². The van der Waals surface area contributed by atoms with E-state index in [2.05, 4.69) is 5.32 Å². The Morgan fingerprint density at radius 1 is 1.28 bits per heavy atom. The largest absolute Gasteiger partial charge is 0.491 e. The Bertz CT molecular complexity index is 775. The van der Waals surface area contributed by atoms with Crippen LogP contribution in [0.15, 0.2) is 24.3 Å². The SMILES string of the molecule is Cc1cccc(OCC(O)CNC(=O)CN2C(=O)N(C)C3(CCCCC3)C2=O)c1. The second-order valence-corrected chi connectivity index (χ2v) is 7.91. The van der Waals surface area contributed by atoms with Gasteiger partial charge in [-0.1, -0.05) is 31.4 Å². The summed E-state index contributed by atoms with van der Waals surface area (Å²) in [6, 6.07) is 7.02. The predicted molar refractivity (Wildman–Crippen MR) is 106 cm³/mol. The summed E-state index contributed by atoms with van der Waals surface area (Å²) in [6.07, 6.45) is 3.23. The summed E-state index contributed by atoms with van der Waals surface area (Å²) >= 11 is 0. The van der Waals surface area contributed by atoms with Crippen molar-refractivity contribution in [2.24, 2.45) is 0 Å². The summed E-state index contributed by atoms with van der Waals surface area (Å²) in [5, 5.41) is 12.6. The molecule has 8 heteroatoms. The molecule has 0 aromatic heterocycles. The minimum Gasteiger partial charge on any atom is -0.491 e. The van der Waals surface area contributed by atoms with Gasteiger partial charge in [-0.2, -0.15) is 0 Å². The fourth-order valence-corrected chi connectivity index (χ4v) is 4.06. The number of ether oxygens (including phenoxy) is 1. The molecule has 0 bridgehead atoms. The standard InChI is InChI=1S/C21H29N3O5/c1-15-7-6-8-17(11-15)29-14-16(25)12-22-18(26)13-24-19(27)21(23(2)20(24)28)9-4-3-5-10-21/h6-8,11,16,25H,3-5,9-10,12-14H2,1-2H3,(H,22,26). The van der Waals surface area contributed by atoms with E-state index in [-0.39, 0.29) is 25.6 Å². The van der Waals surface area contributed by atoms with Crippen LogP contribution in [0.5, 0.6) is 5.75 Å². The number of hydrogen-bond acceptors (Lipinski definition) is 5. The van der Waals surface area contributed by atoms with Crippen LogP contribution < -0.4 is 10.1 Å². The Morgan fingerprint density at radius 2 is 2.00 bits per heavy atom. The molecular weight excluding hydrogens is 374 g/mol. The van der Waals surface area contributed by atoms with Crippen LogP contribution in [0.4, 0.5) is 4.79 Å². The molecule has 1 spiro atoms. The third-order valence-corrected chi connectivity index (χ3v) is 5.75. The zero-order chi connectivity index (χ0) is 21.0.